The Morgan fingerprint density at radius 1 is 1.03 bits per heavy atom. The molecule has 8 heteroatoms. The van der Waals surface area contributed by atoms with Crippen molar-refractivity contribution in [3.05, 3.63) is 53.3 Å². The quantitative estimate of drug-likeness (QED) is 0.722. The van der Waals surface area contributed by atoms with E-state index < -0.39 is 10.0 Å². The van der Waals surface area contributed by atoms with Crippen LogP contribution in [0, 0.1) is 6.92 Å². The van der Waals surface area contributed by atoms with Crippen LogP contribution in [-0.2, 0) is 23.6 Å². The van der Waals surface area contributed by atoms with Crippen LogP contribution in [0.3, 0.4) is 0 Å². The highest BCUT2D eigenvalue weighted by molar-refractivity contribution is 7.89. The third kappa shape index (κ3) is 5.08. The van der Waals surface area contributed by atoms with E-state index in [-0.39, 0.29) is 16.8 Å². The van der Waals surface area contributed by atoms with E-state index >= 15 is 0 Å². The van der Waals surface area contributed by atoms with E-state index in [1.165, 1.54) is 5.56 Å². The van der Waals surface area contributed by atoms with E-state index in [1.807, 2.05) is 23.1 Å². The van der Waals surface area contributed by atoms with Crippen LogP contribution in [0.2, 0.25) is 0 Å². The smallest absolute Gasteiger partial charge is 0.270 e. The molecule has 0 radical (unpaired) electrons. The molecule has 4 rings (SSSR count). The van der Waals surface area contributed by atoms with Gasteiger partial charge in [0.1, 0.15) is 10.6 Å². The van der Waals surface area contributed by atoms with Gasteiger partial charge in [-0.25, -0.2) is 13.1 Å². The molecule has 2 saturated heterocycles. The standard InChI is InChI=1S/C24H34N4O3S/c1-19-23(17-22(26(19)2)24(29)28-13-7-4-8-14-28)32(30,31)25-21-11-15-27(16-12-21)18-20-9-5-3-6-10-20/h3,5-6,9-10,17,21,25H,4,7-8,11-16,18H2,1-2H3. The maximum absolute atomic E-state index is 13.2. The van der Waals surface area contributed by atoms with Crippen molar-refractivity contribution in [2.45, 2.75) is 56.5 Å². The normalized spacial score (nSPS) is 18.8. The summed E-state index contributed by atoms with van der Waals surface area (Å²) in [5.41, 5.74) is 2.32. The van der Waals surface area contributed by atoms with Crippen LogP contribution in [0.5, 0.6) is 0 Å². The average molecular weight is 459 g/mol. The zero-order chi connectivity index (χ0) is 22.7. The van der Waals surface area contributed by atoms with E-state index in [0.717, 1.165) is 64.8 Å². The first-order valence-corrected chi connectivity index (χ1v) is 13.1. The van der Waals surface area contributed by atoms with Crippen LogP contribution in [0.15, 0.2) is 41.3 Å². The lowest BCUT2D eigenvalue weighted by Crippen LogP contribution is -2.44. The van der Waals surface area contributed by atoms with Gasteiger partial charge in [-0.05, 0) is 50.7 Å². The Morgan fingerprint density at radius 2 is 1.69 bits per heavy atom. The minimum absolute atomic E-state index is 0.0778. The molecule has 174 valence electrons. The lowest BCUT2D eigenvalue weighted by molar-refractivity contribution is 0.0714. The molecule has 1 aromatic carbocycles. The van der Waals surface area contributed by atoms with Crippen LogP contribution >= 0.6 is 0 Å². The number of carbonyl (C=O) groups excluding carboxylic acids is 1. The number of sulfonamides is 1. The Labute approximate surface area is 191 Å². The molecule has 3 heterocycles. The molecular formula is C24H34N4O3S. The van der Waals surface area contributed by atoms with Crippen molar-refractivity contribution in [1.29, 1.82) is 0 Å². The summed E-state index contributed by atoms with van der Waals surface area (Å²) in [4.78, 5) is 17.4. The summed E-state index contributed by atoms with van der Waals surface area (Å²) >= 11 is 0. The highest BCUT2D eigenvalue weighted by atomic mass is 32.2. The minimum atomic E-state index is -3.69. The molecule has 2 aliphatic heterocycles. The summed E-state index contributed by atoms with van der Waals surface area (Å²) in [6.07, 6.45) is 4.70. The van der Waals surface area contributed by atoms with Gasteiger partial charge < -0.3 is 9.47 Å². The molecule has 0 atom stereocenters. The predicted octanol–water partition coefficient (Wildman–Crippen LogP) is 2.90. The molecule has 0 unspecified atom stereocenters. The number of amides is 1. The summed E-state index contributed by atoms with van der Waals surface area (Å²) < 4.78 is 31.0. The molecule has 2 aliphatic rings. The maximum Gasteiger partial charge on any atom is 0.270 e. The van der Waals surface area contributed by atoms with E-state index in [1.54, 1.807) is 24.6 Å². The topological polar surface area (TPSA) is 74.7 Å². The van der Waals surface area contributed by atoms with E-state index in [0.29, 0.717) is 11.4 Å². The maximum atomic E-state index is 13.2. The van der Waals surface area contributed by atoms with Crippen molar-refractivity contribution in [2.24, 2.45) is 7.05 Å². The predicted molar refractivity (Wildman–Crippen MR) is 125 cm³/mol. The molecular weight excluding hydrogens is 424 g/mol. The fraction of sp³-hybridized carbons (Fsp3) is 0.542. The van der Waals surface area contributed by atoms with Crippen molar-refractivity contribution in [1.82, 2.24) is 19.1 Å². The molecule has 0 aliphatic carbocycles. The number of piperidine rings is 2. The van der Waals surface area contributed by atoms with Crippen molar-refractivity contribution in [3.8, 4) is 0 Å². The molecule has 1 N–H and O–H groups in total. The highest BCUT2D eigenvalue weighted by Crippen LogP contribution is 2.24. The van der Waals surface area contributed by atoms with Gasteiger partial charge in [-0.1, -0.05) is 30.3 Å². The Kier molecular flexibility index (Phi) is 7.02. The fourth-order valence-electron chi connectivity index (χ4n) is 4.74. The average Bonchev–Trinajstić information content (AvgIpc) is 3.11. The van der Waals surface area contributed by atoms with Crippen molar-refractivity contribution >= 4 is 15.9 Å². The summed E-state index contributed by atoms with van der Waals surface area (Å²) in [5, 5.41) is 0. The number of hydrogen-bond donors (Lipinski definition) is 1. The zero-order valence-electron chi connectivity index (χ0n) is 19.1. The fourth-order valence-corrected chi connectivity index (χ4v) is 6.34. The van der Waals surface area contributed by atoms with Crippen LogP contribution in [0.4, 0.5) is 0 Å². The number of rotatable bonds is 6. The summed E-state index contributed by atoms with van der Waals surface area (Å²) in [5.74, 6) is -0.0778. The van der Waals surface area contributed by atoms with Gasteiger partial charge in [-0.3, -0.25) is 9.69 Å². The van der Waals surface area contributed by atoms with Gasteiger partial charge in [0, 0.05) is 51.5 Å². The number of nitrogens with one attached hydrogen (secondary N) is 1. The first-order chi connectivity index (χ1) is 15.3. The van der Waals surface area contributed by atoms with Crippen molar-refractivity contribution in [2.75, 3.05) is 26.2 Å². The third-order valence-electron chi connectivity index (χ3n) is 6.80. The Hall–Kier alpha value is -2.16. The Morgan fingerprint density at radius 3 is 2.34 bits per heavy atom. The Bertz CT molecular complexity index is 1030. The number of aromatic nitrogens is 1. The lowest BCUT2D eigenvalue weighted by Gasteiger charge is -2.32. The summed E-state index contributed by atoms with van der Waals surface area (Å²) in [6.45, 7) is 5.85. The van der Waals surface area contributed by atoms with Crippen LogP contribution < -0.4 is 4.72 Å². The van der Waals surface area contributed by atoms with Crippen molar-refractivity contribution < 1.29 is 13.2 Å². The van der Waals surface area contributed by atoms with Crippen LogP contribution in [-0.4, -0.2) is 60.9 Å². The number of benzene rings is 1. The molecule has 2 aromatic rings. The van der Waals surface area contributed by atoms with E-state index in [4.69, 9.17) is 0 Å². The van der Waals surface area contributed by atoms with Crippen LogP contribution in [0.25, 0.3) is 0 Å². The molecule has 0 saturated carbocycles. The minimum Gasteiger partial charge on any atom is -0.343 e. The molecule has 1 aromatic heterocycles. The number of hydrogen-bond acceptors (Lipinski definition) is 4. The molecule has 2 fully saturated rings. The van der Waals surface area contributed by atoms with Gasteiger partial charge in [0.25, 0.3) is 5.91 Å². The van der Waals surface area contributed by atoms with E-state index in [9.17, 15) is 13.2 Å². The lowest BCUT2D eigenvalue weighted by atomic mass is 10.1. The Balaban J connectivity index is 1.40. The first kappa shape index (κ1) is 23.0. The second-order valence-electron chi connectivity index (χ2n) is 9.05. The van der Waals surface area contributed by atoms with Gasteiger partial charge in [0.05, 0.1) is 0 Å². The van der Waals surface area contributed by atoms with Gasteiger partial charge in [-0.2, -0.15) is 0 Å². The van der Waals surface area contributed by atoms with Crippen LogP contribution in [0.1, 0.15) is 53.8 Å². The highest BCUT2D eigenvalue weighted by Gasteiger charge is 2.30. The van der Waals surface area contributed by atoms with Gasteiger partial charge in [-0.15, -0.1) is 0 Å². The van der Waals surface area contributed by atoms with Gasteiger partial charge in [0.15, 0.2) is 0 Å². The van der Waals surface area contributed by atoms with Crippen molar-refractivity contribution in [3.63, 3.8) is 0 Å². The summed E-state index contributed by atoms with van der Waals surface area (Å²) in [6, 6.07) is 11.8. The molecule has 32 heavy (non-hydrogen) atoms. The zero-order valence-corrected chi connectivity index (χ0v) is 19.9. The summed E-state index contributed by atoms with van der Waals surface area (Å²) in [7, 11) is -1.92. The molecule has 7 nitrogen and oxygen atoms in total. The molecule has 1 amide bonds. The number of likely N-dealkylation sites (tertiary alicyclic amines) is 2. The molecule has 0 spiro atoms. The second-order valence-corrected chi connectivity index (χ2v) is 10.7. The first-order valence-electron chi connectivity index (χ1n) is 11.6. The third-order valence-corrected chi connectivity index (χ3v) is 8.44. The monoisotopic (exact) mass is 458 g/mol. The van der Waals surface area contributed by atoms with Gasteiger partial charge in [0.2, 0.25) is 10.0 Å². The number of carbonyl (C=O) groups is 1. The SMILES string of the molecule is Cc1c(S(=O)(=O)NC2CCN(Cc3ccccc3)CC2)cc(C(=O)N2CCCCC2)n1C. The number of nitrogens with zero attached hydrogens (tertiary/aromatic N) is 3. The molecule has 0 bridgehead atoms. The second kappa shape index (κ2) is 9.77. The largest absolute Gasteiger partial charge is 0.343 e. The van der Waals surface area contributed by atoms with E-state index in [2.05, 4.69) is 21.8 Å². The van der Waals surface area contributed by atoms with Gasteiger partial charge >= 0.3 is 0 Å².